The van der Waals surface area contributed by atoms with Crippen LogP contribution in [0.15, 0.2) is 11.6 Å². The van der Waals surface area contributed by atoms with Gasteiger partial charge in [-0.2, -0.15) is 0 Å². The first-order valence-corrected chi connectivity index (χ1v) is 18.6. The molecule has 0 amide bonds. The smallest absolute Gasteiger partial charge is 0.334 e. The first kappa shape index (κ1) is 37.5. The van der Waals surface area contributed by atoms with Gasteiger partial charge in [0.25, 0.3) is 0 Å². The maximum absolute atomic E-state index is 11.7. The normalized spacial score (nSPS) is 27.4. The molecule has 3 N–H and O–H groups in total. The average Bonchev–Trinajstić information content (AvgIpc) is 3.76. The van der Waals surface area contributed by atoms with Crippen molar-refractivity contribution >= 4 is 5.97 Å². The number of esters is 1. The molecule has 0 radical (unpaired) electrons. The van der Waals surface area contributed by atoms with Crippen LogP contribution in [-0.2, 0) is 19.0 Å². The number of ether oxygens (including phenoxy) is 3. The molecule has 2 saturated heterocycles. The van der Waals surface area contributed by atoms with Gasteiger partial charge in [-0.3, -0.25) is 0 Å². The second kappa shape index (κ2) is 21.7. The van der Waals surface area contributed by atoms with Crippen LogP contribution in [0, 0.1) is 0 Å². The molecule has 0 bridgehead atoms. The van der Waals surface area contributed by atoms with E-state index < -0.39 is 18.3 Å². The lowest BCUT2D eigenvalue weighted by atomic mass is 9.98. The fourth-order valence-corrected chi connectivity index (χ4v) is 7.26. The molecule has 7 nitrogen and oxygen atoms in total. The van der Waals surface area contributed by atoms with Crippen LogP contribution in [-0.4, -0.2) is 70.1 Å². The standard InChI is InChI=1S/C37H66O7/c1-3-4-5-6-7-11-14-17-20-31(38)35-25-26-36(44-35)33(40)23-22-32(39)34-24-21-30(43-34)19-16-13-10-8-9-12-15-18-29-27-28(2)42-37(29)41/h27-28,30-36,38-40H,3-26H2,1-2H3/t28-,30+,31+,32+,33-,34+,35-,36-/m1/s1. The molecule has 0 aliphatic carbocycles. The van der Waals surface area contributed by atoms with Crippen LogP contribution < -0.4 is 0 Å². The number of rotatable bonds is 25. The second-order valence-electron chi connectivity index (χ2n) is 14.0. The molecule has 256 valence electrons. The molecule has 0 spiro atoms. The van der Waals surface area contributed by atoms with Crippen LogP contribution in [0.2, 0.25) is 0 Å². The summed E-state index contributed by atoms with van der Waals surface area (Å²) in [6, 6.07) is 0. The Hall–Kier alpha value is -0.990. The van der Waals surface area contributed by atoms with E-state index >= 15 is 0 Å². The molecule has 0 aromatic heterocycles. The van der Waals surface area contributed by atoms with Gasteiger partial charge in [0, 0.05) is 5.57 Å². The number of aliphatic hydroxyl groups is 3. The summed E-state index contributed by atoms with van der Waals surface area (Å²) in [7, 11) is 0. The van der Waals surface area contributed by atoms with Gasteiger partial charge in [-0.05, 0) is 77.2 Å². The van der Waals surface area contributed by atoms with Crippen LogP contribution in [0.25, 0.3) is 0 Å². The number of hydrogen-bond donors (Lipinski definition) is 3. The van der Waals surface area contributed by atoms with Crippen molar-refractivity contribution in [1.82, 2.24) is 0 Å². The SMILES string of the molecule is CCCCCCCCCC[C@H](O)[C@H]1CC[C@H]([C@H](O)CC[C@H](O)[C@@H]2CC[C@H](CCCCCCCCCC3=C[C@@H](C)OC3=O)O2)O1. The molecule has 3 aliphatic rings. The van der Waals surface area contributed by atoms with Crippen molar-refractivity contribution in [3.8, 4) is 0 Å². The van der Waals surface area contributed by atoms with Gasteiger partial charge in [-0.25, -0.2) is 4.79 Å². The molecular formula is C37H66O7. The van der Waals surface area contributed by atoms with E-state index in [-0.39, 0.29) is 36.5 Å². The zero-order valence-corrected chi connectivity index (χ0v) is 28.1. The largest absolute Gasteiger partial charge is 0.455 e. The van der Waals surface area contributed by atoms with Gasteiger partial charge in [0.05, 0.1) is 42.7 Å². The van der Waals surface area contributed by atoms with Gasteiger partial charge in [0.1, 0.15) is 6.10 Å². The van der Waals surface area contributed by atoms with E-state index in [4.69, 9.17) is 14.2 Å². The Labute approximate surface area is 268 Å². The molecule has 0 aromatic carbocycles. The third kappa shape index (κ3) is 14.2. The minimum absolute atomic E-state index is 0.0617. The molecule has 3 heterocycles. The molecule has 7 heteroatoms. The van der Waals surface area contributed by atoms with Crippen molar-refractivity contribution in [3.63, 3.8) is 0 Å². The minimum atomic E-state index is -0.609. The zero-order valence-electron chi connectivity index (χ0n) is 28.1. The topological polar surface area (TPSA) is 105 Å². The molecular weight excluding hydrogens is 556 g/mol. The summed E-state index contributed by atoms with van der Waals surface area (Å²) in [5, 5.41) is 32.1. The van der Waals surface area contributed by atoms with Gasteiger partial charge < -0.3 is 29.5 Å². The van der Waals surface area contributed by atoms with Crippen molar-refractivity contribution in [2.45, 2.75) is 217 Å². The quantitative estimate of drug-likeness (QED) is 0.0703. The fraction of sp³-hybridized carbons (Fsp3) is 0.919. The molecule has 0 unspecified atom stereocenters. The highest BCUT2D eigenvalue weighted by atomic mass is 16.5. The average molecular weight is 623 g/mol. The molecule has 3 rings (SSSR count). The maximum atomic E-state index is 11.7. The fourth-order valence-electron chi connectivity index (χ4n) is 7.26. The maximum Gasteiger partial charge on any atom is 0.334 e. The number of hydrogen-bond acceptors (Lipinski definition) is 7. The van der Waals surface area contributed by atoms with Gasteiger partial charge >= 0.3 is 5.97 Å². The molecule has 2 fully saturated rings. The summed E-state index contributed by atoms with van der Waals surface area (Å²) in [6.07, 6.45) is 25.4. The van der Waals surface area contributed by atoms with Crippen LogP contribution >= 0.6 is 0 Å². The third-order valence-electron chi connectivity index (χ3n) is 10.1. The predicted octanol–water partition coefficient (Wildman–Crippen LogP) is 7.86. The Morgan fingerprint density at radius 1 is 0.659 bits per heavy atom. The molecule has 0 saturated carbocycles. The number of unbranched alkanes of at least 4 members (excludes halogenated alkanes) is 13. The van der Waals surface area contributed by atoms with Crippen molar-refractivity contribution in [1.29, 1.82) is 0 Å². The van der Waals surface area contributed by atoms with Crippen molar-refractivity contribution in [3.05, 3.63) is 11.6 Å². The summed E-state index contributed by atoms with van der Waals surface area (Å²) in [5.41, 5.74) is 0.852. The van der Waals surface area contributed by atoms with Gasteiger partial charge in [0.15, 0.2) is 0 Å². The van der Waals surface area contributed by atoms with E-state index in [0.29, 0.717) is 12.8 Å². The number of carbonyl (C=O) groups excluding carboxylic acids is 1. The van der Waals surface area contributed by atoms with Crippen molar-refractivity contribution in [2.24, 2.45) is 0 Å². The number of cyclic esters (lactones) is 1. The highest BCUT2D eigenvalue weighted by Gasteiger charge is 2.36. The van der Waals surface area contributed by atoms with E-state index in [1.165, 1.54) is 70.6 Å². The van der Waals surface area contributed by atoms with Crippen LogP contribution in [0.3, 0.4) is 0 Å². The lowest BCUT2D eigenvalue weighted by Crippen LogP contribution is -2.33. The Kier molecular flexibility index (Phi) is 18.5. The van der Waals surface area contributed by atoms with E-state index in [9.17, 15) is 20.1 Å². The Bertz CT molecular complexity index is 801. The molecule has 0 aromatic rings. The van der Waals surface area contributed by atoms with Crippen LogP contribution in [0.4, 0.5) is 0 Å². The summed E-state index contributed by atoms with van der Waals surface area (Å²) in [5.74, 6) is -0.133. The van der Waals surface area contributed by atoms with Gasteiger partial charge in [-0.1, -0.05) is 96.8 Å². The Morgan fingerprint density at radius 3 is 1.75 bits per heavy atom. The van der Waals surface area contributed by atoms with Crippen molar-refractivity contribution in [2.75, 3.05) is 0 Å². The predicted molar refractivity (Wildman–Crippen MR) is 175 cm³/mol. The summed E-state index contributed by atoms with van der Waals surface area (Å²) in [4.78, 5) is 11.7. The highest BCUT2D eigenvalue weighted by Crippen LogP contribution is 2.31. The number of aliphatic hydroxyl groups excluding tert-OH is 3. The van der Waals surface area contributed by atoms with E-state index in [0.717, 1.165) is 76.2 Å². The van der Waals surface area contributed by atoms with Crippen molar-refractivity contribution < 1.29 is 34.3 Å². The number of carbonyl (C=O) groups is 1. The van der Waals surface area contributed by atoms with Gasteiger partial charge in [0.2, 0.25) is 0 Å². The monoisotopic (exact) mass is 622 g/mol. The minimum Gasteiger partial charge on any atom is -0.455 e. The lowest BCUT2D eigenvalue weighted by molar-refractivity contribution is -0.139. The van der Waals surface area contributed by atoms with Crippen LogP contribution in [0.5, 0.6) is 0 Å². The summed E-state index contributed by atoms with van der Waals surface area (Å²) in [6.45, 7) is 4.15. The third-order valence-corrected chi connectivity index (χ3v) is 10.1. The first-order valence-electron chi connectivity index (χ1n) is 18.6. The van der Waals surface area contributed by atoms with E-state index in [2.05, 4.69) is 6.92 Å². The Balaban J connectivity index is 1.15. The second-order valence-corrected chi connectivity index (χ2v) is 14.0. The molecule has 8 atom stereocenters. The van der Waals surface area contributed by atoms with Gasteiger partial charge in [-0.15, -0.1) is 0 Å². The highest BCUT2D eigenvalue weighted by molar-refractivity contribution is 5.90. The summed E-state index contributed by atoms with van der Waals surface area (Å²) >= 11 is 0. The first-order chi connectivity index (χ1) is 21.4. The molecule has 44 heavy (non-hydrogen) atoms. The molecule has 3 aliphatic heterocycles. The van der Waals surface area contributed by atoms with Crippen LogP contribution in [0.1, 0.15) is 168 Å². The summed E-state index contributed by atoms with van der Waals surface area (Å²) < 4.78 is 17.4. The zero-order chi connectivity index (χ0) is 31.6. The van der Waals surface area contributed by atoms with E-state index in [1.54, 1.807) is 0 Å². The Morgan fingerprint density at radius 2 is 1.16 bits per heavy atom. The van der Waals surface area contributed by atoms with E-state index in [1.807, 2.05) is 13.0 Å². The lowest BCUT2D eigenvalue weighted by Gasteiger charge is -2.24.